The lowest BCUT2D eigenvalue weighted by molar-refractivity contribution is -0.122. The fourth-order valence-corrected chi connectivity index (χ4v) is 2.35. The number of hydrogen-bond donors (Lipinski definition) is 1. The highest BCUT2D eigenvalue weighted by Gasteiger charge is 2.14. The third kappa shape index (κ3) is 2.84. The molecule has 1 aliphatic rings. The maximum Gasteiger partial charge on any atom is 0.221 e. The molecule has 0 fully saturated rings. The first-order valence-electron chi connectivity index (χ1n) is 6.59. The van der Waals surface area contributed by atoms with Gasteiger partial charge in [-0.05, 0) is 30.9 Å². The Morgan fingerprint density at radius 2 is 2.32 bits per heavy atom. The van der Waals surface area contributed by atoms with Crippen LogP contribution in [0.2, 0.25) is 0 Å². The van der Waals surface area contributed by atoms with Crippen molar-refractivity contribution in [3.63, 3.8) is 0 Å². The van der Waals surface area contributed by atoms with E-state index >= 15 is 0 Å². The van der Waals surface area contributed by atoms with Gasteiger partial charge in [0.15, 0.2) is 5.58 Å². The predicted octanol–water partition coefficient (Wildman–Crippen LogP) is 2.80. The molecule has 1 N–H and O–H groups in total. The predicted molar refractivity (Wildman–Crippen MR) is 72.3 cm³/mol. The number of nitrogens with one attached hydrogen (secondary N) is 1. The van der Waals surface area contributed by atoms with Crippen molar-refractivity contribution in [1.29, 1.82) is 0 Å². The normalized spacial score (nSPS) is 18.0. The summed E-state index contributed by atoms with van der Waals surface area (Å²) < 4.78 is 5.55. The Labute approximate surface area is 111 Å². The Balaban J connectivity index is 1.56. The van der Waals surface area contributed by atoms with Crippen molar-refractivity contribution in [2.24, 2.45) is 5.92 Å². The number of oxazole rings is 1. The molecule has 1 unspecified atom stereocenters. The second kappa shape index (κ2) is 5.26. The molecule has 1 aromatic carbocycles. The standard InChI is InChI=1S/C15H16N2O2/c18-14(9-11-5-1-2-6-11)16-10-15-17-12-7-3-4-8-13(12)19-15/h1,3-5,7-8,11H,2,6,9-10H2,(H,16,18). The number of allylic oxidation sites excluding steroid dienone is 2. The van der Waals surface area contributed by atoms with Gasteiger partial charge in [0, 0.05) is 6.42 Å². The molecule has 1 aromatic heterocycles. The summed E-state index contributed by atoms with van der Waals surface area (Å²) in [6.07, 6.45) is 6.98. The number of nitrogens with zero attached hydrogens (tertiary/aromatic N) is 1. The summed E-state index contributed by atoms with van der Waals surface area (Å²) in [6.45, 7) is 0.351. The number of benzene rings is 1. The number of carbonyl (C=O) groups excluding carboxylic acids is 1. The van der Waals surface area contributed by atoms with Gasteiger partial charge in [-0.3, -0.25) is 4.79 Å². The number of fused-ring (bicyclic) bond motifs is 1. The minimum atomic E-state index is 0.0545. The van der Waals surface area contributed by atoms with Crippen LogP contribution in [0.4, 0.5) is 0 Å². The third-order valence-corrected chi connectivity index (χ3v) is 3.33. The van der Waals surface area contributed by atoms with Gasteiger partial charge in [-0.1, -0.05) is 24.3 Å². The summed E-state index contributed by atoms with van der Waals surface area (Å²) in [5.74, 6) is 0.999. The number of hydrogen-bond acceptors (Lipinski definition) is 3. The Morgan fingerprint density at radius 1 is 1.42 bits per heavy atom. The zero-order valence-corrected chi connectivity index (χ0v) is 10.6. The molecule has 1 atom stereocenters. The van der Waals surface area contributed by atoms with Crippen molar-refractivity contribution in [3.05, 3.63) is 42.3 Å². The van der Waals surface area contributed by atoms with Crippen molar-refractivity contribution >= 4 is 17.0 Å². The Hall–Kier alpha value is -2.10. The van der Waals surface area contributed by atoms with E-state index in [4.69, 9.17) is 4.42 Å². The van der Waals surface area contributed by atoms with Gasteiger partial charge in [0.25, 0.3) is 0 Å². The average molecular weight is 256 g/mol. The Morgan fingerprint density at radius 3 is 3.11 bits per heavy atom. The van der Waals surface area contributed by atoms with Crippen LogP contribution in [-0.4, -0.2) is 10.9 Å². The summed E-state index contributed by atoms with van der Waals surface area (Å²) in [7, 11) is 0. The topological polar surface area (TPSA) is 55.1 Å². The zero-order valence-electron chi connectivity index (χ0n) is 10.6. The monoisotopic (exact) mass is 256 g/mol. The Bertz CT molecular complexity index is 582. The van der Waals surface area contributed by atoms with Crippen molar-refractivity contribution in [2.45, 2.75) is 25.8 Å². The lowest BCUT2D eigenvalue weighted by Crippen LogP contribution is -2.24. The lowest BCUT2D eigenvalue weighted by Gasteiger charge is -2.06. The highest BCUT2D eigenvalue weighted by molar-refractivity contribution is 5.76. The van der Waals surface area contributed by atoms with Gasteiger partial charge in [-0.2, -0.15) is 0 Å². The minimum absolute atomic E-state index is 0.0545. The van der Waals surface area contributed by atoms with E-state index in [0.29, 0.717) is 24.8 Å². The van der Waals surface area contributed by atoms with E-state index < -0.39 is 0 Å². The second-order valence-corrected chi connectivity index (χ2v) is 4.82. The summed E-state index contributed by atoms with van der Waals surface area (Å²) in [5, 5.41) is 2.86. The molecule has 4 heteroatoms. The zero-order chi connectivity index (χ0) is 13.1. The molecule has 0 saturated carbocycles. The summed E-state index contributed by atoms with van der Waals surface area (Å²) in [4.78, 5) is 16.1. The van der Waals surface area contributed by atoms with Gasteiger partial charge < -0.3 is 9.73 Å². The van der Waals surface area contributed by atoms with Crippen LogP contribution in [0.1, 0.15) is 25.2 Å². The molecule has 0 saturated heterocycles. The molecular formula is C15H16N2O2. The van der Waals surface area contributed by atoms with Gasteiger partial charge in [0.1, 0.15) is 5.52 Å². The molecule has 1 amide bonds. The van der Waals surface area contributed by atoms with Crippen LogP contribution >= 0.6 is 0 Å². The second-order valence-electron chi connectivity index (χ2n) is 4.82. The molecule has 0 radical (unpaired) electrons. The van der Waals surface area contributed by atoms with Gasteiger partial charge in [0.2, 0.25) is 11.8 Å². The fraction of sp³-hybridized carbons (Fsp3) is 0.333. The summed E-state index contributed by atoms with van der Waals surface area (Å²) >= 11 is 0. The minimum Gasteiger partial charge on any atom is -0.439 e. The molecule has 19 heavy (non-hydrogen) atoms. The van der Waals surface area contributed by atoms with Crippen molar-refractivity contribution in [1.82, 2.24) is 10.3 Å². The average Bonchev–Trinajstić information content (AvgIpc) is 3.04. The maximum absolute atomic E-state index is 11.8. The van der Waals surface area contributed by atoms with E-state index in [1.165, 1.54) is 0 Å². The molecule has 4 nitrogen and oxygen atoms in total. The molecule has 98 valence electrons. The summed E-state index contributed by atoms with van der Waals surface area (Å²) in [5.41, 5.74) is 1.58. The number of rotatable bonds is 4. The van der Waals surface area contributed by atoms with Crippen LogP contribution in [0.3, 0.4) is 0 Å². The molecular weight excluding hydrogens is 240 g/mol. The van der Waals surface area contributed by atoms with Crippen molar-refractivity contribution in [3.8, 4) is 0 Å². The van der Waals surface area contributed by atoms with Crippen molar-refractivity contribution in [2.75, 3.05) is 0 Å². The molecule has 3 rings (SSSR count). The molecule has 2 aromatic rings. The van der Waals surface area contributed by atoms with Gasteiger partial charge in [0.05, 0.1) is 6.54 Å². The van der Waals surface area contributed by atoms with Gasteiger partial charge in [-0.25, -0.2) is 4.98 Å². The van der Waals surface area contributed by atoms with Gasteiger partial charge in [-0.15, -0.1) is 0 Å². The van der Waals surface area contributed by atoms with E-state index in [1.54, 1.807) is 0 Å². The molecule has 1 aliphatic carbocycles. The highest BCUT2D eigenvalue weighted by atomic mass is 16.3. The number of para-hydroxylation sites is 2. The SMILES string of the molecule is O=C(CC1C=CCC1)NCc1nc2ccccc2o1. The largest absolute Gasteiger partial charge is 0.439 e. The quantitative estimate of drug-likeness (QED) is 0.856. The maximum atomic E-state index is 11.8. The van der Waals surface area contributed by atoms with Crippen LogP contribution in [0, 0.1) is 5.92 Å². The van der Waals surface area contributed by atoms with Crippen LogP contribution in [0.5, 0.6) is 0 Å². The van der Waals surface area contributed by atoms with Crippen LogP contribution in [-0.2, 0) is 11.3 Å². The van der Waals surface area contributed by atoms with E-state index in [2.05, 4.69) is 22.5 Å². The molecule has 0 aliphatic heterocycles. The van der Waals surface area contributed by atoms with E-state index in [0.717, 1.165) is 23.9 Å². The number of aromatic nitrogens is 1. The Kier molecular flexibility index (Phi) is 3.31. The molecule has 0 bridgehead atoms. The first-order valence-corrected chi connectivity index (χ1v) is 6.59. The molecule has 1 heterocycles. The summed E-state index contributed by atoms with van der Waals surface area (Å²) in [6, 6.07) is 7.59. The highest BCUT2D eigenvalue weighted by Crippen LogP contribution is 2.20. The first kappa shape index (κ1) is 12.0. The van der Waals surface area contributed by atoms with E-state index in [1.807, 2.05) is 24.3 Å². The molecule has 0 spiro atoms. The van der Waals surface area contributed by atoms with Gasteiger partial charge >= 0.3 is 0 Å². The smallest absolute Gasteiger partial charge is 0.221 e. The number of carbonyl (C=O) groups is 1. The lowest BCUT2D eigenvalue weighted by atomic mass is 10.1. The third-order valence-electron chi connectivity index (χ3n) is 3.33. The first-order chi connectivity index (χ1) is 9.31. The van der Waals surface area contributed by atoms with E-state index in [9.17, 15) is 4.79 Å². The van der Waals surface area contributed by atoms with Crippen LogP contribution in [0.15, 0.2) is 40.8 Å². The van der Waals surface area contributed by atoms with E-state index in [-0.39, 0.29) is 5.91 Å². The van der Waals surface area contributed by atoms with Crippen LogP contribution in [0.25, 0.3) is 11.1 Å². The fourth-order valence-electron chi connectivity index (χ4n) is 2.35. The van der Waals surface area contributed by atoms with Crippen molar-refractivity contribution < 1.29 is 9.21 Å². The van der Waals surface area contributed by atoms with Crippen LogP contribution < -0.4 is 5.32 Å². The number of amides is 1.